The highest BCUT2D eigenvalue weighted by atomic mass is 35.5. The Kier molecular flexibility index (Phi) is 4.76. The van der Waals surface area contributed by atoms with E-state index >= 15 is 0 Å². The standard InChI is InChI=1S/C16H18ClFN2/c1-10-8-13(18)7-6-12(10)9-16(20-19)14-4-3-5-15(17)11(14)2/h3-8,16,20H,9,19H2,1-2H3. The molecule has 0 aliphatic rings. The van der Waals surface area contributed by atoms with Gasteiger partial charge in [0.2, 0.25) is 0 Å². The maximum atomic E-state index is 13.1. The molecule has 2 aromatic carbocycles. The summed E-state index contributed by atoms with van der Waals surface area (Å²) in [5, 5.41) is 0.721. The summed E-state index contributed by atoms with van der Waals surface area (Å²) >= 11 is 6.15. The molecule has 2 nitrogen and oxygen atoms in total. The van der Waals surface area contributed by atoms with Gasteiger partial charge in [0, 0.05) is 5.02 Å². The fraction of sp³-hybridized carbons (Fsp3) is 0.250. The molecule has 1 unspecified atom stereocenters. The van der Waals surface area contributed by atoms with Gasteiger partial charge in [0.15, 0.2) is 0 Å². The van der Waals surface area contributed by atoms with Crippen molar-refractivity contribution in [1.29, 1.82) is 0 Å². The first-order valence-corrected chi connectivity index (χ1v) is 6.87. The molecular weight excluding hydrogens is 275 g/mol. The number of benzene rings is 2. The van der Waals surface area contributed by atoms with Crippen molar-refractivity contribution in [1.82, 2.24) is 5.43 Å². The second-order valence-electron chi connectivity index (χ2n) is 4.95. The summed E-state index contributed by atoms with van der Waals surface area (Å²) in [7, 11) is 0. The van der Waals surface area contributed by atoms with E-state index in [0.717, 1.165) is 27.3 Å². The molecule has 20 heavy (non-hydrogen) atoms. The number of hydrogen-bond acceptors (Lipinski definition) is 2. The smallest absolute Gasteiger partial charge is 0.123 e. The zero-order valence-electron chi connectivity index (χ0n) is 11.6. The molecule has 2 rings (SSSR count). The molecule has 0 heterocycles. The summed E-state index contributed by atoms with van der Waals surface area (Å²) in [6, 6.07) is 10.5. The third kappa shape index (κ3) is 3.18. The van der Waals surface area contributed by atoms with Gasteiger partial charge in [-0.05, 0) is 60.7 Å². The lowest BCUT2D eigenvalue weighted by Crippen LogP contribution is -2.30. The van der Waals surface area contributed by atoms with E-state index in [1.165, 1.54) is 12.1 Å². The normalized spacial score (nSPS) is 12.4. The first kappa shape index (κ1) is 15.0. The van der Waals surface area contributed by atoms with Crippen LogP contribution >= 0.6 is 11.6 Å². The van der Waals surface area contributed by atoms with Gasteiger partial charge in [0.05, 0.1) is 6.04 Å². The maximum absolute atomic E-state index is 13.1. The van der Waals surface area contributed by atoms with Gasteiger partial charge in [-0.25, -0.2) is 4.39 Å². The summed E-state index contributed by atoms with van der Waals surface area (Å²) < 4.78 is 13.1. The predicted molar refractivity (Wildman–Crippen MR) is 81.1 cm³/mol. The molecular formula is C16H18ClFN2. The third-order valence-corrected chi connectivity index (χ3v) is 4.02. The minimum Gasteiger partial charge on any atom is -0.271 e. The molecule has 3 N–H and O–H groups in total. The molecule has 106 valence electrons. The largest absolute Gasteiger partial charge is 0.271 e. The van der Waals surface area contributed by atoms with Gasteiger partial charge < -0.3 is 0 Å². The maximum Gasteiger partial charge on any atom is 0.123 e. The summed E-state index contributed by atoms with van der Waals surface area (Å²) in [5.74, 6) is 5.46. The van der Waals surface area contributed by atoms with Crippen LogP contribution in [-0.2, 0) is 6.42 Å². The molecule has 0 aliphatic carbocycles. The molecule has 0 saturated heterocycles. The van der Waals surface area contributed by atoms with Crippen molar-refractivity contribution in [3.8, 4) is 0 Å². The fourth-order valence-corrected chi connectivity index (χ4v) is 2.55. The van der Waals surface area contributed by atoms with Crippen LogP contribution in [0.25, 0.3) is 0 Å². The summed E-state index contributed by atoms with van der Waals surface area (Å²) in [6.45, 7) is 3.87. The van der Waals surface area contributed by atoms with Crippen molar-refractivity contribution in [3.63, 3.8) is 0 Å². The number of hydrogen-bond donors (Lipinski definition) is 2. The molecule has 0 aromatic heterocycles. The predicted octanol–water partition coefficient (Wildman–Crippen LogP) is 3.84. The molecule has 0 spiro atoms. The van der Waals surface area contributed by atoms with Crippen LogP contribution in [0.4, 0.5) is 4.39 Å². The Morgan fingerprint density at radius 1 is 1.25 bits per heavy atom. The molecule has 0 saturated carbocycles. The summed E-state index contributed by atoms with van der Waals surface area (Å²) in [5.41, 5.74) is 6.88. The molecule has 0 radical (unpaired) electrons. The highest BCUT2D eigenvalue weighted by Crippen LogP contribution is 2.27. The second-order valence-corrected chi connectivity index (χ2v) is 5.36. The van der Waals surface area contributed by atoms with Crippen molar-refractivity contribution in [2.75, 3.05) is 0 Å². The third-order valence-electron chi connectivity index (χ3n) is 3.61. The summed E-state index contributed by atoms with van der Waals surface area (Å²) in [6.07, 6.45) is 0.684. The minimum atomic E-state index is -0.220. The van der Waals surface area contributed by atoms with E-state index in [4.69, 9.17) is 17.4 Å². The highest BCUT2D eigenvalue weighted by Gasteiger charge is 2.15. The van der Waals surface area contributed by atoms with Gasteiger partial charge in [-0.3, -0.25) is 11.3 Å². The Balaban J connectivity index is 2.31. The Morgan fingerprint density at radius 2 is 2.00 bits per heavy atom. The Labute approximate surface area is 123 Å². The van der Waals surface area contributed by atoms with E-state index in [-0.39, 0.29) is 11.9 Å². The number of hydrazine groups is 1. The number of aryl methyl sites for hydroxylation is 1. The Hall–Kier alpha value is -1.42. The quantitative estimate of drug-likeness (QED) is 0.664. The van der Waals surface area contributed by atoms with Gasteiger partial charge in [0.25, 0.3) is 0 Å². The first-order valence-electron chi connectivity index (χ1n) is 6.49. The van der Waals surface area contributed by atoms with Crippen molar-refractivity contribution < 1.29 is 4.39 Å². The number of halogens is 2. The average molecular weight is 293 g/mol. The number of nitrogens with one attached hydrogen (secondary N) is 1. The molecule has 0 bridgehead atoms. The lowest BCUT2D eigenvalue weighted by molar-refractivity contribution is 0.547. The zero-order chi connectivity index (χ0) is 14.7. The van der Waals surface area contributed by atoms with E-state index in [1.807, 2.05) is 32.0 Å². The molecule has 2 aromatic rings. The van der Waals surface area contributed by atoms with Gasteiger partial charge in [-0.1, -0.05) is 29.8 Å². The van der Waals surface area contributed by atoms with Crippen molar-refractivity contribution in [3.05, 3.63) is 69.5 Å². The molecule has 0 aliphatic heterocycles. The van der Waals surface area contributed by atoms with Crippen molar-refractivity contribution >= 4 is 11.6 Å². The van der Waals surface area contributed by atoms with Crippen LogP contribution in [0.15, 0.2) is 36.4 Å². The van der Waals surface area contributed by atoms with Gasteiger partial charge in [0.1, 0.15) is 5.82 Å². The lowest BCUT2D eigenvalue weighted by atomic mass is 9.94. The van der Waals surface area contributed by atoms with Crippen LogP contribution in [0.1, 0.15) is 28.3 Å². The van der Waals surface area contributed by atoms with Crippen LogP contribution in [-0.4, -0.2) is 0 Å². The second kappa shape index (κ2) is 6.35. The van der Waals surface area contributed by atoms with Crippen LogP contribution in [0.5, 0.6) is 0 Å². The monoisotopic (exact) mass is 292 g/mol. The van der Waals surface area contributed by atoms with Crippen molar-refractivity contribution in [2.45, 2.75) is 26.3 Å². The average Bonchev–Trinajstić information content (AvgIpc) is 2.42. The van der Waals surface area contributed by atoms with Gasteiger partial charge in [-0.2, -0.15) is 0 Å². The van der Waals surface area contributed by atoms with E-state index in [9.17, 15) is 4.39 Å². The Bertz CT molecular complexity index is 613. The topological polar surface area (TPSA) is 38.0 Å². The first-order chi connectivity index (χ1) is 9.52. The molecule has 4 heteroatoms. The SMILES string of the molecule is Cc1cc(F)ccc1CC(NN)c1cccc(Cl)c1C. The number of rotatable bonds is 4. The van der Waals surface area contributed by atoms with E-state index in [0.29, 0.717) is 6.42 Å². The molecule has 0 fully saturated rings. The van der Waals surface area contributed by atoms with E-state index in [2.05, 4.69) is 5.43 Å². The number of nitrogens with two attached hydrogens (primary N) is 1. The Morgan fingerprint density at radius 3 is 2.65 bits per heavy atom. The minimum absolute atomic E-state index is 0.0575. The summed E-state index contributed by atoms with van der Waals surface area (Å²) in [4.78, 5) is 0. The van der Waals surface area contributed by atoms with Crippen LogP contribution in [0, 0.1) is 19.7 Å². The fourth-order valence-electron chi connectivity index (χ4n) is 2.37. The van der Waals surface area contributed by atoms with Crippen LogP contribution < -0.4 is 11.3 Å². The van der Waals surface area contributed by atoms with Crippen LogP contribution in [0.2, 0.25) is 5.02 Å². The van der Waals surface area contributed by atoms with Gasteiger partial charge >= 0.3 is 0 Å². The lowest BCUT2D eigenvalue weighted by Gasteiger charge is -2.20. The highest BCUT2D eigenvalue weighted by molar-refractivity contribution is 6.31. The zero-order valence-corrected chi connectivity index (χ0v) is 12.3. The van der Waals surface area contributed by atoms with Gasteiger partial charge in [-0.15, -0.1) is 0 Å². The molecule has 0 amide bonds. The van der Waals surface area contributed by atoms with Crippen LogP contribution in [0.3, 0.4) is 0 Å². The van der Waals surface area contributed by atoms with Crippen molar-refractivity contribution in [2.24, 2.45) is 5.84 Å². The molecule has 1 atom stereocenters. The van der Waals surface area contributed by atoms with E-state index < -0.39 is 0 Å². The van der Waals surface area contributed by atoms with E-state index in [1.54, 1.807) is 6.07 Å².